The van der Waals surface area contributed by atoms with Crippen molar-refractivity contribution in [3.05, 3.63) is 117 Å². The van der Waals surface area contributed by atoms with E-state index < -0.39 is 0 Å². The van der Waals surface area contributed by atoms with Gasteiger partial charge in [-0.05, 0) is 31.2 Å². The maximum absolute atomic E-state index is 13.3. The summed E-state index contributed by atoms with van der Waals surface area (Å²) in [5.74, 6) is 0.405. The van der Waals surface area contributed by atoms with Gasteiger partial charge < -0.3 is 0 Å². The molecule has 7 heteroatoms. The van der Waals surface area contributed by atoms with Crippen LogP contribution in [0.3, 0.4) is 0 Å². The van der Waals surface area contributed by atoms with E-state index in [-0.39, 0.29) is 11.1 Å². The number of nitrogens with one attached hydrogen (secondary N) is 1. The van der Waals surface area contributed by atoms with Gasteiger partial charge in [-0.1, -0.05) is 60.7 Å². The van der Waals surface area contributed by atoms with E-state index >= 15 is 0 Å². The standard InChI is InChI=1S/C25H19N5O2/c1-17-21(25(32)29(28-17)19-12-6-3-7-13-19)16-26-30-23(18-10-4-2-5-11-18)27-22-15-9-8-14-20(22)24(30)31/h2-16,28H,1H3/b26-16+. The van der Waals surface area contributed by atoms with Crippen LogP contribution in [0.4, 0.5) is 0 Å². The quantitative estimate of drug-likeness (QED) is 0.449. The Morgan fingerprint density at radius 2 is 1.50 bits per heavy atom. The predicted molar refractivity (Wildman–Crippen MR) is 126 cm³/mol. The van der Waals surface area contributed by atoms with Crippen molar-refractivity contribution in [2.45, 2.75) is 6.92 Å². The van der Waals surface area contributed by atoms with E-state index in [9.17, 15) is 9.59 Å². The second-order valence-corrected chi connectivity index (χ2v) is 7.31. The fourth-order valence-corrected chi connectivity index (χ4v) is 3.59. The molecule has 5 aromatic rings. The Morgan fingerprint density at radius 3 is 2.25 bits per heavy atom. The molecule has 2 aromatic heterocycles. The number of fused-ring (bicyclic) bond motifs is 1. The van der Waals surface area contributed by atoms with Gasteiger partial charge in [-0.25, -0.2) is 9.67 Å². The highest BCUT2D eigenvalue weighted by Gasteiger charge is 2.14. The lowest BCUT2D eigenvalue weighted by Crippen LogP contribution is -2.21. The molecule has 0 spiro atoms. The molecule has 7 nitrogen and oxygen atoms in total. The topological polar surface area (TPSA) is 85.0 Å². The van der Waals surface area contributed by atoms with E-state index in [4.69, 9.17) is 0 Å². The molecule has 0 bridgehead atoms. The molecule has 3 aromatic carbocycles. The number of rotatable bonds is 4. The van der Waals surface area contributed by atoms with Crippen molar-refractivity contribution in [1.82, 2.24) is 19.4 Å². The maximum atomic E-state index is 13.3. The van der Waals surface area contributed by atoms with Gasteiger partial charge in [0, 0.05) is 11.3 Å². The second-order valence-electron chi connectivity index (χ2n) is 7.31. The lowest BCUT2D eigenvalue weighted by atomic mass is 10.2. The molecule has 5 rings (SSSR count). The monoisotopic (exact) mass is 421 g/mol. The number of H-pyrrole nitrogens is 1. The Kier molecular flexibility index (Phi) is 4.84. The van der Waals surface area contributed by atoms with Gasteiger partial charge in [0.1, 0.15) is 0 Å². The highest BCUT2D eigenvalue weighted by atomic mass is 16.1. The average molecular weight is 421 g/mol. The fraction of sp³-hybridized carbons (Fsp3) is 0.0400. The Bertz CT molecular complexity index is 1560. The Morgan fingerprint density at radius 1 is 0.844 bits per heavy atom. The molecule has 0 saturated heterocycles. The first-order valence-electron chi connectivity index (χ1n) is 10.1. The summed E-state index contributed by atoms with van der Waals surface area (Å²) in [5, 5.41) is 7.94. The first kappa shape index (κ1) is 19.4. The summed E-state index contributed by atoms with van der Waals surface area (Å²) >= 11 is 0. The van der Waals surface area contributed by atoms with Crippen molar-refractivity contribution in [2.75, 3.05) is 0 Å². The molecular formula is C25H19N5O2. The van der Waals surface area contributed by atoms with Crippen molar-refractivity contribution >= 4 is 17.1 Å². The van der Waals surface area contributed by atoms with Crippen LogP contribution in [0, 0.1) is 6.92 Å². The van der Waals surface area contributed by atoms with E-state index in [1.165, 1.54) is 15.6 Å². The van der Waals surface area contributed by atoms with Gasteiger partial charge in [0.25, 0.3) is 11.1 Å². The normalized spacial score (nSPS) is 11.4. The molecule has 32 heavy (non-hydrogen) atoms. The number of aryl methyl sites for hydroxylation is 1. The van der Waals surface area contributed by atoms with Crippen molar-refractivity contribution in [1.29, 1.82) is 0 Å². The van der Waals surface area contributed by atoms with Crippen molar-refractivity contribution in [2.24, 2.45) is 5.10 Å². The molecular weight excluding hydrogens is 402 g/mol. The van der Waals surface area contributed by atoms with Gasteiger partial charge in [0.15, 0.2) is 5.82 Å². The summed E-state index contributed by atoms with van der Waals surface area (Å²) in [6.45, 7) is 1.79. The average Bonchev–Trinajstić information content (AvgIpc) is 3.12. The van der Waals surface area contributed by atoms with Crippen molar-refractivity contribution < 1.29 is 0 Å². The molecule has 0 amide bonds. The SMILES string of the molecule is Cc1[nH]n(-c2ccccc2)c(=O)c1/C=N/n1c(-c2ccccc2)nc2ccccc2c1=O. The summed E-state index contributed by atoms with van der Waals surface area (Å²) < 4.78 is 2.70. The molecule has 0 radical (unpaired) electrons. The first-order chi connectivity index (χ1) is 15.6. The third-order valence-corrected chi connectivity index (χ3v) is 5.22. The van der Waals surface area contributed by atoms with Crippen LogP contribution in [0.15, 0.2) is 99.6 Å². The highest BCUT2D eigenvalue weighted by molar-refractivity contribution is 5.82. The number of nitrogens with zero attached hydrogens (tertiary/aromatic N) is 4. The highest BCUT2D eigenvalue weighted by Crippen LogP contribution is 2.18. The van der Waals surface area contributed by atoms with Crippen LogP contribution in [0.25, 0.3) is 28.0 Å². The molecule has 156 valence electrons. The van der Waals surface area contributed by atoms with E-state index in [1.54, 1.807) is 25.1 Å². The summed E-state index contributed by atoms with van der Waals surface area (Å²) in [7, 11) is 0. The number of aromatic amines is 1. The van der Waals surface area contributed by atoms with E-state index in [2.05, 4.69) is 15.2 Å². The lowest BCUT2D eigenvalue weighted by Gasteiger charge is -2.09. The van der Waals surface area contributed by atoms with Crippen molar-refractivity contribution in [3.8, 4) is 17.1 Å². The fourth-order valence-electron chi connectivity index (χ4n) is 3.59. The number of para-hydroxylation sites is 2. The molecule has 0 fully saturated rings. The minimum Gasteiger partial charge on any atom is -0.295 e. The van der Waals surface area contributed by atoms with Crippen LogP contribution >= 0.6 is 0 Å². The third kappa shape index (κ3) is 3.35. The third-order valence-electron chi connectivity index (χ3n) is 5.22. The van der Waals surface area contributed by atoms with E-state index in [1.807, 2.05) is 66.7 Å². The number of benzene rings is 3. The van der Waals surface area contributed by atoms with Crippen LogP contribution in [-0.2, 0) is 0 Å². The number of hydrogen-bond donors (Lipinski definition) is 1. The largest absolute Gasteiger partial charge is 0.295 e. The number of aromatic nitrogens is 4. The van der Waals surface area contributed by atoms with Gasteiger partial charge in [0.05, 0.1) is 28.4 Å². The van der Waals surface area contributed by atoms with E-state index in [0.29, 0.717) is 28.0 Å². The van der Waals surface area contributed by atoms with Crippen LogP contribution in [0.2, 0.25) is 0 Å². The smallest absolute Gasteiger partial charge is 0.282 e. The van der Waals surface area contributed by atoms with Crippen LogP contribution in [-0.4, -0.2) is 25.7 Å². The minimum atomic E-state index is -0.303. The molecule has 2 heterocycles. The second kappa shape index (κ2) is 7.96. The zero-order valence-electron chi connectivity index (χ0n) is 17.3. The van der Waals surface area contributed by atoms with Crippen LogP contribution < -0.4 is 11.1 Å². The Labute approximate surface area is 182 Å². The van der Waals surface area contributed by atoms with Gasteiger partial charge in [0.2, 0.25) is 0 Å². The summed E-state index contributed by atoms with van der Waals surface area (Å²) in [6, 6.07) is 25.8. The molecule has 1 N–H and O–H groups in total. The zero-order valence-corrected chi connectivity index (χ0v) is 17.3. The van der Waals surface area contributed by atoms with Gasteiger partial charge in [-0.15, -0.1) is 0 Å². The molecule has 0 atom stereocenters. The summed E-state index contributed by atoms with van der Waals surface area (Å²) in [4.78, 5) is 30.9. The maximum Gasteiger partial charge on any atom is 0.282 e. The Balaban J connectivity index is 1.68. The first-order valence-corrected chi connectivity index (χ1v) is 10.1. The summed E-state index contributed by atoms with van der Waals surface area (Å²) in [5.41, 5.74) is 2.52. The Hall–Kier alpha value is -4.52. The molecule has 0 saturated carbocycles. The molecule has 0 aliphatic heterocycles. The van der Waals surface area contributed by atoms with Crippen LogP contribution in [0.5, 0.6) is 0 Å². The molecule has 0 unspecified atom stereocenters. The van der Waals surface area contributed by atoms with Crippen LogP contribution in [0.1, 0.15) is 11.3 Å². The predicted octanol–water partition coefficient (Wildman–Crippen LogP) is 3.73. The molecule has 0 aliphatic rings. The summed E-state index contributed by atoms with van der Waals surface area (Å²) in [6.07, 6.45) is 1.41. The number of hydrogen-bond acceptors (Lipinski definition) is 4. The van der Waals surface area contributed by atoms with Crippen molar-refractivity contribution in [3.63, 3.8) is 0 Å². The van der Waals surface area contributed by atoms with E-state index in [0.717, 1.165) is 11.3 Å². The lowest BCUT2D eigenvalue weighted by molar-refractivity contribution is 0.829. The van der Waals surface area contributed by atoms with Gasteiger partial charge >= 0.3 is 0 Å². The zero-order chi connectivity index (χ0) is 22.1. The van der Waals surface area contributed by atoms with Gasteiger partial charge in [-0.3, -0.25) is 14.7 Å². The minimum absolute atomic E-state index is 0.250. The molecule has 0 aliphatic carbocycles. The van der Waals surface area contributed by atoms with Gasteiger partial charge in [-0.2, -0.15) is 9.78 Å².